The summed E-state index contributed by atoms with van der Waals surface area (Å²) in [6, 6.07) is 6.68. The predicted molar refractivity (Wildman–Crippen MR) is 115 cm³/mol. The van der Waals surface area contributed by atoms with Crippen molar-refractivity contribution >= 4 is 33.4 Å². The molecule has 8 heteroatoms. The van der Waals surface area contributed by atoms with Crippen LogP contribution in [0.1, 0.15) is 33.9 Å². The molecule has 3 aromatic rings. The first kappa shape index (κ1) is 18.4. The molecule has 1 unspecified atom stereocenters. The number of nitrogens with zero attached hydrogens (tertiary/aromatic N) is 6. The number of thiazole rings is 1. The van der Waals surface area contributed by atoms with Crippen LogP contribution in [0.2, 0.25) is 0 Å². The van der Waals surface area contributed by atoms with E-state index >= 15 is 0 Å². The normalized spacial score (nSPS) is 18.9. The number of carbonyl (C=O) groups excluding carboxylic acids is 1. The first-order valence-electron chi connectivity index (χ1n) is 10.0. The number of anilines is 1. The van der Waals surface area contributed by atoms with Crippen molar-refractivity contribution in [2.24, 2.45) is 0 Å². The summed E-state index contributed by atoms with van der Waals surface area (Å²) in [5.74, 6) is 0.113. The highest BCUT2D eigenvalue weighted by atomic mass is 32.1. The standard InChI is InChI=1S/C21H24N6OS/c1-14(15-3-4-16-18(13-15)23-7-6-22-16)26-9-11-27(12-10-26)21-24-17-5-8-25(2)20(28)19(17)29-21/h3-4,6-7,13-14H,5,8-12H2,1-2H3. The number of rotatable bonds is 3. The van der Waals surface area contributed by atoms with Gasteiger partial charge in [-0.15, -0.1) is 0 Å². The van der Waals surface area contributed by atoms with E-state index in [-0.39, 0.29) is 5.91 Å². The van der Waals surface area contributed by atoms with E-state index in [1.54, 1.807) is 28.6 Å². The lowest BCUT2D eigenvalue weighted by Crippen LogP contribution is -2.47. The maximum Gasteiger partial charge on any atom is 0.265 e. The molecule has 0 radical (unpaired) electrons. The third kappa shape index (κ3) is 3.36. The summed E-state index contributed by atoms with van der Waals surface area (Å²) in [7, 11) is 1.86. The molecule has 0 bridgehead atoms. The fourth-order valence-electron chi connectivity index (χ4n) is 4.11. The molecule has 4 heterocycles. The predicted octanol–water partition coefficient (Wildman–Crippen LogP) is 2.60. The summed E-state index contributed by atoms with van der Waals surface area (Å²) in [5, 5.41) is 0.993. The van der Waals surface area contributed by atoms with Crippen LogP contribution in [0.15, 0.2) is 30.6 Å². The zero-order valence-corrected chi connectivity index (χ0v) is 17.5. The largest absolute Gasteiger partial charge is 0.346 e. The number of piperazine rings is 1. The van der Waals surface area contributed by atoms with Gasteiger partial charge in [0.2, 0.25) is 0 Å². The lowest BCUT2D eigenvalue weighted by atomic mass is 10.1. The van der Waals surface area contributed by atoms with Gasteiger partial charge in [-0.05, 0) is 24.6 Å². The quantitative estimate of drug-likeness (QED) is 0.664. The highest BCUT2D eigenvalue weighted by Gasteiger charge is 2.29. The maximum absolute atomic E-state index is 12.4. The van der Waals surface area contributed by atoms with E-state index in [1.807, 2.05) is 7.05 Å². The Bertz CT molecular complexity index is 1060. The minimum Gasteiger partial charge on any atom is -0.346 e. The van der Waals surface area contributed by atoms with Crippen LogP contribution in [-0.2, 0) is 6.42 Å². The van der Waals surface area contributed by atoms with Crippen molar-refractivity contribution in [3.63, 3.8) is 0 Å². The van der Waals surface area contributed by atoms with Crippen molar-refractivity contribution < 1.29 is 4.79 Å². The van der Waals surface area contributed by atoms with Gasteiger partial charge in [-0.1, -0.05) is 17.4 Å². The molecule has 0 spiro atoms. The molecule has 0 N–H and O–H groups in total. The molecule has 1 amide bonds. The SMILES string of the molecule is CC(c1ccc2nccnc2c1)N1CCN(c2nc3c(s2)C(=O)N(C)CC3)CC1. The van der Waals surface area contributed by atoms with Crippen LogP contribution in [0.4, 0.5) is 5.13 Å². The molecule has 2 aliphatic heterocycles. The molecule has 2 aromatic heterocycles. The van der Waals surface area contributed by atoms with Crippen LogP contribution < -0.4 is 4.90 Å². The average Bonchev–Trinajstić information content (AvgIpc) is 3.21. The van der Waals surface area contributed by atoms with Gasteiger partial charge >= 0.3 is 0 Å². The second kappa shape index (κ2) is 7.35. The van der Waals surface area contributed by atoms with Crippen molar-refractivity contribution in [3.05, 3.63) is 46.7 Å². The van der Waals surface area contributed by atoms with Crippen LogP contribution in [-0.4, -0.2) is 70.4 Å². The molecule has 2 aliphatic rings. The molecule has 7 nitrogen and oxygen atoms in total. The zero-order chi connectivity index (χ0) is 20.0. The number of amides is 1. The van der Waals surface area contributed by atoms with Crippen molar-refractivity contribution in [3.8, 4) is 0 Å². The molecule has 5 rings (SSSR count). The number of benzene rings is 1. The third-order valence-electron chi connectivity index (χ3n) is 6.02. The minimum atomic E-state index is 0.113. The van der Waals surface area contributed by atoms with Gasteiger partial charge < -0.3 is 9.80 Å². The highest BCUT2D eigenvalue weighted by molar-refractivity contribution is 7.17. The highest BCUT2D eigenvalue weighted by Crippen LogP contribution is 2.32. The molecule has 0 saturated carbocycles. The Morgan fingerprint density at radius 3 is 2.59 bits per heavy atom. The van der Waals surface area contributed by atoms with E-state index in [4.69, 9.17) is 4.98 Å². The summed E-state index contributed by atoms with van der Waals surface area (Å²) in [6.07, 6.45) is 4.33. The summed E-state index contributed by atoms with van der Waals surface area (Å²) in [4.78, 5) is 33.4. The molecule has 29 heavy (non-hydrogen) atoms. The zero-order valence-electron chi connectivity index (χ0n) is 16.7. The van der Waals surface area contributed by atoms with Crippen LogP contribution in [0.5, 0.6) is 0 Å². The summed E-state index contributed by atoms with van der Waals surface area (Å²) >= 11 is 1.55. The lowest BCUT2D eigenvalue weighted by Gasteiger charge is -2.38. The van der Waals surface area contributed by atoms with Gasteiger partial charge in [0.05, 0.1) is 16.7 Å². The minimum absolute atomic E-state index is 0.113. The average molecular weight is 409 g/mol. The molecule has 1 saturated heterocycles. The fraction of sp³-hybridized carbons (Fsp3) is 0.429. The molecular weight excluding hydrogens is 384 g/mol. The summed E-state index contributed by atoms with van der Waals surface area (Å²) < 4.78 is 0. The van der Waals surface area contributed by atoms with E-state index in [0.29, 0.717) is 6.04 Å². The Labute approximate surface area is 174 Å². The summed E-state index contributed by atoms with van der Waals surface area (Å²) in [5.41, 5.74) is 4.12. The first-order valence-corrected chi connectivity index (χ1v) is 10.9. The Balaban J connectivity index is 1.27. The Kier molecular flexibility index (Phi) is 4.67. The van der Waals surface area contributed by atoms with E-state index in [1.165, 1.54) is 5.56 Å². The molecule has 150 valence electrons. The molecule has 0 aliphatic carbocycles. The maximum atomic E-state index is 12.4. The lowest BCUT2D eigenvalue weighted by molar-refractivity contribution is 0.0785. The van der Waals surface area contributed by atoms with E-state index in [0.717, 1.165) is 65.9 Å². The van der Waals surface area contributed by atoms with Gasteiger partial charge in [-0.3, -0.25) is 19.7 Å². The third-order valence-corrected chi connectivity index (χ3v) is 7.17. The van der Waals surface area contributed by atoms with Gasteiger partial charge in [-0.2, -0.15) is 0 Å². The van der Waals surface area contributed by atoms with Crippen LogP contribution in [0.3, 0.4) is 0 Å². The van der Waals surface area contributed by atoms with Crippen molar-refractivity contribution in [1.29, 1.82) is 0 Å². The molecule has 1 atom stereocenters. The summed E-state index contributed by atoms with van der Waals surface area (Å²) in [6.45, 7) is 6.80. The Hall–Kier alpha value is -2.58. The topological polar surface area (TPSA) is 65.5 Å². The van der Waals surface area contributed by atoms with Gasteiger partial charge in [0.25, 0.3) is 5.91 Å². The van der Waals surface area contributed by atoms with Crippen molar-refractivity contribution in [1.82, 2.24) is 24.8 Å². The molecule has 1 aromatic carbocycles. The Morgan fingerprint density at radius 1 is 1.03 bits per heavy atom. The number of carbonyl (C=O) groups is 1. The van der Waals surface area contributed by atoms with Gasteiger partial charge in [0, 0.05) is 64.6 Å². The first-order chi connectivity index (χ1) is 14.1. The van der Waals surface area contributed by atoms with Crippen LogP contribution in [0.25, 0.3) is 11.0 Å². The van der Waals surface area contributed by atoms with Crippen molar-refractivity contribution in [2.75, 3.05) is 44.7 Å². The number of likely N-dealkylation sites (N-methyl/N-ethyl adjacent to an activating group) is 1. The fourth-order valence-corrected chi connectivity index (χ4v) is 5.27. The number of hydrogen-bond acceptors (Lipinski definition) is 7. The Morgan fingerprint density at radius 2 is 1.79 bits per heavy atom. The second-order valence-electron chi connectivity index (χ2n) is 7.75. The van der Waals surface area contributed by atoms with E-state index < -0.39 is 0 Å². The second-order valence-corrected chi connectivity index (χ2v) is 8.73. The van der Waals surface area contributed by atoms with E-state index in [9.17, 15) is 4.79 Å². The molecule has 1 fully saturated rings. The molecular formula is C21H24N6OS. The number of fused-ring (bicyclic) bond motifs is 2. The van der Waals surface area contributed by atoms with Gasteiger partial charge in [0.1, 0.15) is 4.88 Å². The van der Waals surface area contributed by atoms with Crippen LogP contribution in [0, 0.1) is 0 Å². The van der Waals surface area contributed by atoms with Crippen LogP contribution >= 0.6 is 11.3 Å². The van der Waals surface area contributed by atoms with Gasteiger partial charge in [0.15, 0.2) is 5.13 Å². The van der Waals surface area contributed by atoms with Gasteiger partial charge in [-0.25, -0.2) is 4.98 Å². The van der Waals surface area contributed by atoms with Crippen molar-refractivity contribution in [2.45, 2.75) is 19.4 Å². The van der Waals surface area contributed by atoms with E-state index in [2.05, 4.69) is 44.9 Å². The number of aromatic nitrogens is 3. The monoisotopic (exact) mass is 408 g/mol. The number of hydrogen-bond donors (Lipinski definition) is 0. The smallest absolute Gasteiger partial charge is 0.265 e.